The summed E-state index contributed by atoms with van der Waals surface area (Å²) in [7, 11) is 0. The molecule has 10 fully saturated rings. The molecule has 5 radical (unpaired) electrons. The van der Waals surface area contributed by atoms with E-state index in [1.54, 1.807) is 0 Å². The van der Waals surface area contributed by atoms with Crippen LogP contribution in [0.25, 0.3) is 0 Å². The van der Waals surface area contributed by atoms with E-state index in [1.807, 2.05) is 0 Å². The van der Waals surface area contributed by atoms with Crippen molar-refractivity contribution in [1.29, 1.82) is 0 Å². The second-order valence-electron chi connectivity index (χ2n) is 38.8. The van der Waals surface area contributed by atoms with Gasteiger partial charge in [-0.25, -0.2) is 0 Å². The summed E-state index contributed by atoms with van der Waals surface area (Å²) < 4.78 is 0. The van der Waals surface area contributed by atoms with Crippen molar-refractivity contribution in [3.05, 3.63) is 149 Å². The van der Waals surface area contributed by atoms with Crippen molar-refractivity contribution in [1.82, 2.24) is 0 Å². The van der Waals surface area contributed by atoms with Crippen molar-refractivity contribution < 1.29 is 23.5 Å². The van der Waals surface area contributed by atoms with Crippen LogP contribution in [-0.4, -0.2) is 0 Å². The van der Waals surface area contributed by atoms with Gasteiger partial charge in [0.25, 0.3) is 0 Å². The summed E-state index contributed by atoms with van der Waals surface area (Å²) in [6.45, 7) is 11.7. The Labute approximate surface area is 728 Å². The van der Waals surface area contributed by atoms with Gasteiger partial charge in [-0.2, -0.15) is 0 Å². The smallest absolute Gasteiger partial charge is 0.0377 e. The maximum Gasteiger partial charge on any atom is 0.0377 e. The second kappa shape index (κ2) is 54.4. The van der Waals surface area contributed by atoms with Crippen LogP contribution in [0.15, 0.2) is 146 Å². The van der Waals surface area contributed by atoms with Crippen molar-refractivity contribution in [3.63, 3.8) is 0 Å². The Balaban J connectivity index is 0.000000221. The first kappa shape index (κ1) is 101. The van der Waals surface area contributed by atoms with Crippen molar-refractivity contribution in [2.45, 2.75) is 410 Å². The highest BCUT2D eigenvalue weighted by Crippen LogP contribution is 2.51. The molecule has 0 atom stereocenters. The lowest BCUT2D eigenvalue weighted by molar-refractivity contribution is 0.156. The standard InChI is InChI=1S/5C21H31S.5FH/c5*1-2-3-16-4-6-17(7-5-16)18-8-10-19(11-9-18)20-12-14-21(22)15-13-20;;;;;/h5*12-19H,2-11H2,1H3;5*1H/t5*16-,17-,18?,19?;;;;;. The maximum atomic E-state index is 5.21. The predicted octanol–water partition coefficient (Wildman–Crippen LogP) is 36.4. The summed E-state index contributed by atoms with van der Waals surface area (Å²) in [6.07, 6.45) is 73.2. The van der Waals surface area contributed by atoms with E-state index >= 15 is 0 Å². The molecule has 5 aromatic carbocycles. The van der Waals surface area contributed by atoms with Gasteiger partial charge in [0.1, 0.15) is 0 Å². The van der Waals surface area contributed by atoms with Crippen LogP contribution < -0.4 is 0 Å². The Morgan fingerprint density at radius 2 is 0.270 bits per heavy atom. The molecule has 0 spiro atoms. The average Bonchev–Trinajstić information content (AvgIpc) is 0.854. The molecular formula is C105H160F5S5. The quantitative estimate of drug-likeness (QED) is 0.0682. The highest BCUT2D eigenvalue weighted by molar-refractivity contribution is 7.81. The van der Waals surface area contributed by atoms with Crippen LogP contribution in [0, 0.1) is 88.8 Å². The summed E-state index contributed by atoms with van der Waals surface area (Å²) in [4.78, 5) is 4.87. The van der Waals surface area contributed by atoms with Gasteiger partial charge >= 0.3 is 0 Å². The molecule has 10 aliphatic rings. The molecule has 5 aromatic rings. The first-order chi connectivity index (χ1) is 53.8. The van der Waals surface area contributed by atoms with Crippen molar-refractivity contribution >= 4 is 63.1 Å². The van der Waals surface area contributed by atoms with E-state index < -0.39 is 0 Å². The van der Waals surface area contributed by atoms with Crippen molar-refractivity contribution in [3.8, 4) is 0 Å². The molecule has 0 nitrogen and oxygen atoms in total. The molecule has 10 saturated carbocycles. The third-order valence-corrected chi connectivity index (χ3v) is 33.3. The zero-order valence-electron chi connectivity index (χ0n) is 72.5. The van der Waals surface area contributed by atoms with Crippen molar-refractivity contribution in [2.24, 2.45) is 88.8 Å². The fourth-order valence-electron chi connectivity index (χ4n) is 25.1. The maximum absolute atomic E-state index is 5.21. The van der Waals surface area contributed by atoms with E-state index in [1.165, 1.54) is 349 Å². The Morgan fingerprint density at radius 1 is 0.165 bits per heavy atom. The van der Waals surface area contributed by atoms with Crippen LogP contribution in [-0.2, 0) is 0 Å². The zero-order chi connectivity index (χ0) is 76.8. The van der Waals surface area contributed by atoms with E-state index in [0.29, 0.717) is 0 Å². The Hall–Kier alpha value is -3.15. The minimum Gasteiger partial charge on any atom is -0.269 e. The van der Waals surface area contributed by atoms with Gasteiger partial charge < -0.3 is 0 Å². The topological polar surface area (TPSA) is 0 Å². The Bertz CT molecular complexity index is 2700. The zero-order valence-corrected chi connectivity index (χ0v) is 76.6. The fraction of sp³-hybridized carbons (Fsp3) is 0.714. The highest BCUT2D eigenvalue weighted by atomic mass is 32.1. The van der Waals surface area contributed by atoms with Gasteiger partial charge in [-0.15, -0.1) is 0 Å². The molecule has 645 valence electrons. The molecule has 0 N–H and O–H groups in total. The predicted molar refractivity (Wildman–Crippen MR) is 499 cm³/mol. The summed E-state index contributed by atoms with van der Waals surface area (Å²) in [5, 5.41) is 0. The molecule has 0 unspecified atom stereocenters. The van der Waals surface area contributed by atoms with Gasteiger partial charge in [-0.1, -0.05) is 287 Å². The van der Waals surface area contributed by atoms with Crippen LogP contribution in [0.3, 0.4) is 0 Å². The number of hydrogen-bond acceptors (Lipinski definition) is 0. The van der Waals surface area contributed by atoms with Gasteiger partial charge in [0, 0.05) is 24.5 Å². The van der Waals surface area contributed by atoms with Gasteiger partial charge in [0.2, 0.25) is 0 Å². The fourth-order valence-corrected chi connectivity index (χ4v) is 25.8. The third-order valence-electron chi connectivity index (χ3n) is 31.9. The van der Waals surface area contributed by atoms with E-state index in [9.17, 15) is 0 Å². The van der Waals surface area contributed by atoms with E-state index in [0.717, 1.165) is 143 Å². The molecule has 10 heteroatoms. The highest BCUT2D eigenvalue weighted by Gasteiger charge is 2.37. The van der Waals surface area contributed by atoms with Gasteiger partial charge in [-0.3, -0.25) is 23.5 Å². The number of halogens is 5. The monoisotopic (exact) mass is 1680 g/mol. The van der Waals surface area contributed by atoms with E-state index in [2.05, 4.69) is 156 Å². The number of hydrogen-bond donors (Lipinski definition) is 0. The summed E-state index contributed by atoms with van der Waals surface area (Å²) >= 11 is 26.0. The summed E-state index contributed by atoms with van der Waals surface area (Å²) in [5.41, 5.74) is 7.63. The molecule has 0 amide bonds. The second-order valence-corrected chi connectivity index (χ2v) is 41.1. The Morgan fingerprint density at radius 3 is 0.374 bits per heavy atom. The molecule has 0 saturated heterocycles. The Kier molecular flexibility index (Phi) is 47.6. The van der Waals surface area contributed by atoms with Gasteiger partial charge in [0.05, 0.1) is 0 Å². The molecule has 0 bridgehead atoms. The van der Waals surface area contributed by atoms with Crippen LogP contribution in [0.1, 0.15) is 413 Å². The van der Waals surface area contributed by atoms with Crippen LogP contribution in [0.2, 0.25) is 0 Å². The van der Waals surface area contributed by atoms with E-state index in [4.69, 9.17) is 63.1 Å². The molecule has 10 aliphatic carbocycles. The van der Waals surface area contributed by atoms with Gasteiger partial charge in [-0.05, 0) is 399 Å². The minimum absolute atomic E-state index is 0. The van der Waals surface area contributed by atoms with Crippen LogP contribution in [0.5, 0.6) is 0 Å². The van der Waals surface area contributed by atoms with Crippen LogP contribution >= 0.6 is 63.1 Å². The van der Waals surface area contributed by atoms with Gasteiger partial charge in [0.15, 0.2) is 0 Å². The lowest BCUT2D eigenvalue weighted by Gasteiger charge is -2.38. The summed E-state index contributed by atoms with van der Waals surface area (Å²) in [6, 6.07) is 43.7. The first-order valence-corrected chi connectivity index (χ1v) is 49.7. The molecule has 115 heavy (non-hydrogen) atoms. The van der Waals surface area contributed by atoms with E-state index in [-0.39, 0.29) is 23.5 Å². The lowest BCUT2D eigenvalue weighted by atomic mass is 9.68. The first-order valence-electron chi connectivity index (χ1n) is 47.6. The number of benzene rings is 5. The van der Waals surface area contributed by atoms with Crippen LogP contribution in [0.4, 0.5) is 23.5 Å². The van der Waals surface area contributed by atoms with Crippen molar-refractivity contribution in [2.75, 3.05) is 0 Å². The molecular weight excluding hydrogens is 1520 g/mol. The molecule has 0 heterocycles. The SMILES string of the molecule is CCC[C@H]1CC[C@H](C2CCC(c3ccc([S])cc3)CC2)CC1.CCC[C@H]1CC[C@H](C2CCC(c3ccc([S])cc3)CC2)CC1.CCC[C@H]1CC[C@H](C2CCC(c3ccc([S])cc3)CC2)CC1.CCC[C@H]1CC[C@H](C2CCC(c3ccc([S])cc3)CC2)CC1.CCC[C@H]1CC[C@H](C2CCC(c3ccc([S])cc3)CC2)CC1.F.F.F.F.F. The molecule has 0 aliphatic heterocycles. The minimum atomic E-state index is 0. The third kappa shape index (κ3) is 32.2. The normalized spacial score (nSPS) is 31.3. The molecule has 0 aromatic heterocycles. The largest absolute Gasteiger partial charge is 0.269 e. The molecule has 15 rings (SSSR count). The summed E-state index contributed by atoms with van der Waals surface area (Å²) in [5.74, 6) is 19.6. The average molecular weight is 1680 g/mol. The number of rotatable bonds is 20. The lowest BCUT2D eigenvalue weighted by Crippen LogP contribution is -2.25.